The van der Waals surface area contributed by atoms with E-state index in [0.29, 0.717) is 26.2 Å². The standard InChI is InChI=1S/C14H20N4O3/c15-5-7-17-12(19)10-3-2-8-18(9-10)14(21)11-4-1-6-16-13(11)20/h1,4,6,10H,2-3,5,7-9,15H2,(H,16,20)(H,17,19). The molecule has 7 nitrogen and oxygen atoms in total. The molecule has 2 heterocycles. The highest BCUT2D eigenvalue weighted by molar-refractivity contribution is 5.94. The Kier molecular flexibility index (Phi) is 5.10. The number of rotatable bonds is 4. The van der Waals surface area contributed by atoms with Crippen molar-refractivity contribution >= 4 is 11.8 Å². The summed E-state index contributed by atoms with van der Waals surface area (Å²) in [5.41, 5.74) is 5.06. The summed E-state index contributed by atoms with van der Waals surface area (Å²) in [5, 5.41) is 2.74. The van der Waals surface area contributed by atoms with Crippen LogP contribution in [0.3, 0.4) is 0 Å². The molecule has 2 amide bonds. The summed E-state index contributed by atoms with van der Waals surface area (Å²) in [5.74, 6) is -0.648. The number of piperidine rings is 1. The zero-order valence-electron chi connectivity index (χ0n) is 11.8. The molecule has 1 aliphatic rings. The number of nitrogens with one attached hydrogen (secondary N) is 2. The lowest BCUT2D eigenvalue weighted by molar-refractivity contribution is -0.126. The van der Waals surface area contributed by atoms with Crippen molar-refractivity contribution in [2.24, 2.45) is 11.7 Å². The zero-order valence-corrected chi connectivity index (χ0v) is 11.8. The second kappa shape index (κ2) is 7.03. The van der Waals surface area contributed by atoms with Crippen LogP contribution in [-0.4, -0.2) is 47.9 Å². The van der Waals surface area contributed by atoms with Crippen LogP contribution in [0, 0.1) is 5.92 Å². The third-order valence-corrected chi connectivity index (χ3v) is 3.57. The van der Waals surface area contributed by atoms with E-state index in [1.165, 1.54) is 12.3 Å². The number of hydrogen-bond acceptors (Lipinski definition) is 4. The van der Waals surface area contributed by atoms with Crippen LogP contribution in [0.15, 0.2) is 23.1 Å². The van der Waals surface area contributed by atoms with Crippen molar-refractivity contribution in [2.75, 3.05) is 26.2 Å². The highest BCUT2D eigenvalue weighted by Gasteiger charge is 2.29. The van der Waals surface area contributed by atoms with Gasteiger partial charge in [0.05, 0.1) is 5.92 Å². The van der Waals surface area contributed by atoms with Gasteiger partial charge in [0.25, 0.3) is 11.5 Å². The van der Waals surface area contributed by atoms with E-state index in [4.69, 9.17) is 5.73 Å². The number of H-pyrrole nitrogens is 1. The third-order valence-electron chi connectivity index (χ3n) is 3.57. The van der Waals surface area contributed by atoms with Gasteiger partial charge < -0.3 is 20.9 Å². The van der Waals surface area contributed by atoms with Gasteiger partial charge in [-0.3, -0.25) is 14.4 Å². The Balaban J connectivity index is 2.04. The maximum absolute atomic E-state index is 12.4. The van der Waals surface area contributed by atoms with E-state index in [1.807, 2.05) is 0 Å². The number of nitrogens with zero attached hydrogens (tertiary/aromatic N) is 1. The Morgan fingerprint density at radius 1 is 1.48 bits per heavy atom. The number of likely N-dealkylation sites (tertiary alicyclic amines) is 1. The van der Waals surface area contributed by atoms with Crippen LogP contribution < -0.4 is 16.6 Å². The van der Waals surface area contributed by atoms with Gasteiger partial charge in [0.15, 0.2) is 0 Å². The smallest absolute Gasteiger partial charge is 0.260 e. The molecule has 2 rings (SSSR count). The van der Waals surface area contributed by atoms with E-state index in [-0.39, 0.29) is 23.3 Å². The maximum Gasteiger partial charge on any atom is 0.260 e. The van der Waals surface area contributed by atoms with Crippen LogP contribution in [0.5, 0.6) is 0 Å². The van der Waals surface area contributed by atoms with Crippen molar-refractivity contribution < 1.29 is 9.59 Å². The largest absolute Gasteiger partial charge is 0.355 e. The molecule has 1 unspecified atom stereocenters. The maximum atomic E-state index is 12.4. The first-order valence-electron chi connectivity index (χ1n) is 7.08. The third kappa shape index (κ3) is 3.69. The van der Waals surface area contributed by atoms with Gasteiger partial charge in [-0.15, -0.1) is 0 Å². The average Bonchev–Trinajstić information content (AvgIpc) is 2.52. The van der Waals surface area contributed by atoms with Crippen LogP contribution in [0.2, 0.25) is 0 Å². The molecule has 0 aromatic carbocycles. The molecule has 1 atom stereocenters. The van der Waals surface area contributed by atoms with E-state index >= 15 is 0 Å². The summed E-state index contributed by atoms with van der Waals surface area (Å²) in [6.07, 6.45) is 2.97. The molecule has 0 spiro atoms. The molecule has 0 bridgehead atoms. The van der Waals surface area contributed by atoms with Crippen molar-refractivity contribution in [1.82, 2.24) is 15.2 Å². The molecule has 1 fully saturated rings. The predicted octanol–water partition coefficient (Wildman–Crippen LogP) is -0.698. The second-order valence-electron chi connectivity index (χ2n) is 5.08. The van der Waals surface area contributed by atoms with E-state index in [0.717, 1.165) is 12.8 Å². The number of hydrogen-bond donors (Lipinski definition) is 3. The van der Waals surface area contributed by atoms with Gasteiger partial charge in [-0.2, -0.15) is 0 Å². The summed E-state index contributed by atoms with van der Waals surface area (Å²) in [4.78, 5) is 40.0. The van der Waals surface area contributed by atoms with Gasteiger partial charge in [-0.1, -0.05) is 0 Å². The highest BCUT2D eigenvalue weighted by atomic mass is 16.2. The van der Waals surface area contributed by atoms with Crippen molar-refractivity contribution in [3.8, 4) is 0 Å². The number of aromatic nitrogens is 1. The van der Waals surface area contributed by atoms with Crippen LogP contribution in [0.25, 0.3) is 0 Å². The lowest BCUT2D eigenvalue weighted by atomic mass is 9.96. The van der Waals surface area contributed by atoms with Gasteiger partial charge in [-0.05, 0) is 25.0 Å². The van der Waals surface area contributed by atoms with Crippen molar-refractivity contribution in [3.63, 3.8) is 0 Å². The number of carbonyl (C=O) groups excluding carboxylic acids is 2. The van der Waals surface area contributed by atoms with Gasteiger partial charge in [-0.25, -0.2) is 0 Å². The summed E-state index contributed by atoms with van der Waals surface area (Å²) >= 11 is 0. The first-order chi connectivity index (χ1) is 10.1. The average molecular weight is 292 g/mol. The molecule has 7 heteroatoms. The van der Waals surface area contributed by atoms with Gasteiger partial charge in [0.2, 0.25) is 5.91 Å². The fourth-order valence-electron chi connectivity index (χ4n) is 2.48. The monoisotopic (exact) mass is 292 g/mol. The Hall–Kier alpha value is -2.15. The molecular weight excluding hydrogens is 272 g/mol. The minimum Gasteiger partial charge on any atom is -0.355 e. The van der Waals surface area contributed by atoms with Crippen molar-refractivity contribution in [3.05, 3.63) is 34.2 Å². The molecule has 21 heavy (non-hydrogen) atoms. The molecular formula is C14H20N4O3. The number of nitrogens with two attached hydrogens (primary N) is 1. The summed E-state index contributed by atoms with van der Waals surface area (Å²) < 4.78 is 0. The molecule has 1 aromatic heterocycles. The topological polar surface area (TPSA) is 108 Å². The highest BCUT2D eigenvalue weighted by Crippen LogP contribution is 2.18. The fraction of sp³-hybridized carbons (Fsp3) is 0.500. The molecule has 4 N–H and O–H groups in total. The lowest BCUT2D eigenvalue weighted by Gasteiger charge is -2.31. The number of amides is 2. The zero-order chi connectivity index (χ0) is 15.2. The van der Waals surface area contributed by atoms with Crippen LogP contribution in [0.4, 0.5) is 0 Å². The van der Waals surface area contributed by atoms with E-state index in [1.54, 1.807) is 11.0 Å². The van der Waals surface area contributed by atoms with Crippen LogP contribution in [0.1, 0.15) is 23.2 Å². The van der Waals surface area contributed by atoms with Crippen molar-refractivity contribution in [1.29, 1.82) is 0 Å². The Labute approximate surface area is 122 Å². The van der Waals surface area contributed by atoms with Crippen LogP contribution in [-0.2, 0) is 4.79 Å². The van der Waals surface area contributed by atoms with Gasteiger partial charge in [0, 0.05) is 32.4 Å². The summed E-state index contributed by atoms with van der Waals surface area (Å²) in [6.45, 7) is 1.72. The fourth-order valence-corrected chi connectivity index (χ4v) is 2.48. The number of pyridine rings is 1. The number of carbonyl (C=O) groups is 2. The lowest BCUT2D eigenvalue weighted by Crippen LogP contribution is -2.47. The summed E-state index contributed by atoms with van der Waals surface area (Å²) in [6, 6.07) is 3.11. The molecule has 114 valence electrons. The molecule has 1 aliphatic heterocycles. The SMILES string of the molecule is NCCNC(=O)C1CCCN(C(=O)c2ccc[nH]c2=O)C1. The molecule has 0 radical (unpaired) electrons. The quantitative estimate of drug-likeness (QED) is 0.682. The predicted molar refractivity (Wildman–Crippen MR) is 77.8 cm³/mol. The van der Waals surface area contributed by atoms with Crippen molar-refractivity contribution in [2.45, 2.75) is 12.8 Å². The second-order valence-corrected chi connectivity index (χ2v) is 5.08. The normalized spacial score (nSPS) is 18.3. The summed E-state index contributed by atoms with van der Waals surface area (Å²) in [7, 11) is 0. The molecule has 1 saturated heterocycles. The Morgan fingerprint density at radius 2 is 2.29 bits per heavy atom. The van der Waals surface area contributed by atoms with E-state index in [2.05, 4.69) is 10.3 Å². The molecule has 0 aliphatic carbocycles. The first-order valence-corrected chi connectivity index (χ1v) is 7.08. The Morgan fingerprint density at radius 3 is 3.00 bits per heavy atom. The minimum atomic E-state index is -0.405. The Bertz CT molecular complexity index is 569. The van der Waals surface area contributed by atoms with Crippen LogP contribution >= 0.6 is 0 Å². The van der Waals surface area contributed by atoms with E-state index in [9.17, 15) is 14.4 Å². The molecule has 0 saturated carbocycles. The first kappa shape index (κ1) is 15.2. The molecule has 1 aromatic rings. The van der Waals surface area contributed by atoms with E-state index < -0.39 is 5.56 Å². The minimum absolute atomic E-state index is 0.0834. The van der Waals surface area contributed by atoms with Gasteiger partial charge in [0.1, 0.15) is 5.56 Å². The number of aromatic amines is 1. The van der Waals surface area contributed by atoms with Gasteiger partial charge >= 0.3 is 0 Å².